The first-order valence-electron chi connectivity index (χ1n) is 7.14. The fraction of sp³-hybridized carbons (Fsp3) is 0.714. The maximum Gasteiger partial charge on any atom is 0.137 e. The fourth-order valence-corrected chi connectivity index (χ4v) is 2.66. The molecule has 1 saturated heterocycles. The molecule has 0 spiro atoms. The number of aliphatic hydroxyl groups is 1. The van der Waals surface area contributed by atoms with Gasteiger partial charge in [-0.1, -0.05) is 6.92 Å². The van der Waals surface area contributed by atoms with Gasteiger partial charge in [0.1, 0.15) is 17.5 Å². The Morgan fingerprint density at radius 2 is 2.21 bits per heavy atom. The number of aliphatic hydroxyl groups excluding tert-OH is 1. The molecule has 5 nitrogen and oxygen atoms in total. The first kappa shape index (κ1) is 14.1. The summed E-state index contributed by atoms with van der Waals surface area (Å²) in [7, 11) is 0. The monoisotopic (exact) mass is 264 g/mol. The number of aryl methyl sites for hydroxylation is 1. The highest BCUT2D eigenvalue weighted by molar-refractivity contribution is 5.57. The molecule has 0 radical (unpaired) electrons. The molecule has 1 unspecified atom stereocenters. The normalized spacial score (nSPS) is 19.1. The van der Waals surface area contributed by atoms with Crippen molar-refractivity contribution in [3.63, 3.8) is 0 Å². The van der Waals surface area contributed by atoms with Gasteiger partial charge in [0.05, 0.1) is 0 Å². The Morgan fingerprint density at radius 3 is 2.89 bits per heavy atom. The van der Waals surface area contributed by atoms with Crippen molar-refractivity contribution in [2.75, 3.05) is 30.3 Å². The van der Waals surface area contributed by atoms with E-state index in [1.807, 2.05) is 6.92 Å². The van der Waals surface area contributed by atoms with Crippen LogP contribution in [0.2, 0.25) is 0 Å². The highest BCUT2D eigenvalue weighted by Crippen LogP contribution is 2.28. The smallest absolute Gasteiger partial charge is 0.137 e. The molecule has 1 aromatic heterocycles. The summed E-state index contributed by atoms with van der Waals surface area (Å²) in [6, 6.07) is 0. The van der Waals surface area contributed by atoms with Crippen molar-refractivity contribution in [3.05, 3.63) is 11.4 Å². The van der Waals surface area contributed by atoms with E-state index in [-0.39, 0.29) is 6.61 Å². The fourth-order valence-electron chi connectivity index (χ4n) is 2.66. The van der Waals surface area contributed by atoms with Crippen LogP contribution in [0.3, 0.4) is 0 Å². The Balaban J connectivity index is 2.19. The molecule has 0 amide bonds. The zero-order valence-corrected chi connectivity index (χ0v) is 11.9. The van der Waals surface area contributed by atoms with E-state index in [1.54, 1.807) is 0 Å². The predicted octanol–water partition coefficient (Wildman–Crippen LogP) is 1.53. The van der Waals surface area contributed by atoms with Gasteiger partial charge in [0.2, 0.25) is 0 Å². The summed E-state index contributed by atoms with van der Waals surface area (Å²) in [5.41, 5.74) is 6.97. The van der Waals surface area contributed by atoms with Crippen LogP contribution >= 0.6 is 0 Å². The van der Waals surface area contributed by atoms with Gasteiger partial charge >= 0.3 is 0 Å². The molecule has 106 valence electrons. The Labute approximate surface area is 114 Å². The second-order valence-corrected chi connectivity index (χ2v) is 5.34. The van der Waals surface area contributed by atoms with Crippen LogP contribution in [0, 0.1) is 12.8 Å². The largest absolute Gasteiger partial charge is 0.396 e. The Hall–Kier alpha value is -1.36. The first-order chi connectivity index (χ1) is 9.15. The van der Waals surface area contributed by atoms with E-state index in [0.29, 0.717) is 11.7 Å². The first-order valence-corrected chi connectivity index (χ1v) is 7.14. The van der Waals surface area contributed by atoms with Crippen molar-refractivity contribution in [1.82, 2.24) is 9.97 Å². The Bertz CT molecular complexity index is 436. The number of hydrogen-bond acceptors (Lipinski definition) is 5. The van der Waals surface area contributed by atoms with Gasteiger partial charge in [-0.25, -0.2) is 9.97 Å². The lowest BCUT2D eigenvalue weighted by atomic mass is 10.1. The molecule has 19 heavy (non-hydrogen) atoms. The molecular formula is C14H24N4O. The summed E-state index contributed by atoms with van der Waals surface area (Å²) in [4.78, 5) is 11.3. The Morgan fingerprint density at radius 1 is 1.42 bits per heavy atom. The molecular weight excluding hydrogens is 240 g/mol. The number of nitrogen functional groups attached to an aromatic ring is 1. The van der Waals surface area contributed by atoms with Crippen molar-refractivity contribution in [3.8, 4) is 0 Å². The molecule has 3 N–H and O–H groups in total. The SMILES string of the molecule is CCCc1nc(N)c(C)c(N2CCC(CCO)C2)n1. The lowest BCUT2D eigenvalue weighted by Crippen LogP contribution is -2.23. The van der Waals surface area contributed by atoms with Gasteiger partial charge in [-0.2, -0.15) is 0 Å². The molecule has 0 aliphatic carbocycles. The second kappa shape index (κ2) is 6.19. The van der Waals surface area contributed by atoms with Gasteiger partial charge in [-0.05, 0) is 32.1 Å². The van der Waals surface area contributed by atoms with Gasteiger partial charge in [0, 0.05) is 31.7 Å². The van der Waals surface area contributed by atoms with Crippen molar-refractivity contribution >= 4 is 11.6 Å². The number of hydrogen-bond donors (Lipinski definition) is 2. The van der Waals surface area contributed by atoms with Crippen LogP contribution in [0.15, 0.2) is 0 Å². The number of aromatic nitrogens is 2. The van der Waals surface area contributed by atoms with E-state index >= 15 is 0 Å². The van der Waals surface area contributed by atoms with Crippen LogP contribution in [0.1, 0.15) is 37.6 Å². The van der Waals surface area contributed by atoms with Crippen LogP contribution in [0.4, 0.5) is 11.6 Å². The average Bonchev–Trinajstić information content (AvgIpc) is 2.83. The van der Waals surface area contributed by atoms with E-state index < -0.39 is 0 Å². The molecule has 0 aromatic carbocycles. The van der Waals surface area contributed by atoms with Gasteiger partial charge in [0.25, 0.3) is 0 Å². The Kier molecular flexibility index (Phi) is 4.58. The standard InChI is InChI=1S/C14H24N4O/c1-3-4-12-16-13(15)10(2)14(17-12)18-7-5-11(9-18)6-8-19/h11,19H,3-9H2,1-2H3,(H2,15,16,17). The third-order valence-electron chi connectivity index (χ3n) is 3.80. The number of nitrogens with zero attached hydrogens (tertiary/aromatic N) is 3. The van der Waals surface area contributed by atoms with Gasteiger partial charge < -0.3 is 15.7 Å². The molecule has 1 aromatic rings. The van der Waals surface area contributed by atoms with Gasteiger partial charge in [-0.15, -0.1) is 0 Å². The topological polar surface area (TPSA) is 75.3 Å². The lowest BCUT2D eigenvalue weighted by Gasteiger charge is -2.21. The maximum atomic E-state index is 9.03. The van der Waals surface area contributed by atoms with Crippen molar-refractivity contribution in [1.29, 1.82) is 0 Å². The third-order valence-corrected chi connectivity index (χ3v) is 3.80. The van der Waals surface area contributed by atoms with Crippen LogP contribution in [0.5, 0.6) is 0 Å². The van der Waals surface area contributed by atoms with Crippen LogP contribution < -0.4 is 10.6 Å². The number of rotatable bonds is 5. The predicted molar refractivity (Wildman–Crippen MR) is 77.2 cm³/mol. The van der Waals surface area contributed by atoms with Crippen molar-refractivity contribution in [2.24, 2.45) is 5.92 Å². The molecule has 0 saturated carbocycles. The summed E-state index contributed by atoms with van der Waals surface area (Å²) >= 11 is 0. The van der Waals surface area contributed by atoms with Gasteiger partial charge in [0.15, 0.2) is 0 Å². The molecule has 2 heterocycles. The van der Waals surface area contributed by atoms with Gasteiger partial charge in [-0.3, -0.25) is 0 Å². The number of anilines is 2. The van der Waals surface area contributed by atoms with E-state index in [9.17, 15) is 0 Å². The second-order valence-electron chi connectivity index (χ2n) is 5.34. The molecule has 1 aliphatic heterocycles. The minimum Gasteiger partial charge on any atom is -0.396 e. The van der Waals surface area contributed by atoms with E-state index in [2.05, 4.69) is 21.8 Å². The zero-order chi connectivity index (χ0) is 13.8. The highest BCUT2D eigenvalue weighted by atomic mass is 16.3. The zero-order valence-electron chi connectivity index (χ0n) is 11.9. The molecule has 1 fully saturated rings. The van der Waals surface area contributed by atoms with Crippen LogP contribution in [-0.4, -0.2) is 34.8 Å². The third kappa shape index (κ3) is 3.15. The van der Waals surface area contributed by atoms with Crippen LogP contribution in [0.25, 0.3) is 0 Å². The maximum absolute atomic E-state index is 9.03. The summed E-state index contributed by atoms with van der Waals surface area (Å²) < 4.78 is 0. The van der Waals surface area contributed by atoms with E-state index in [1.165, 1.54) is 0 Å². The minimum atomic E-state index is 0.268. The molecule has 0 bridgehead atoms. The summed E-state index contributed by atoms with van der Waals surface area (Å²) in [5, 5.41) is 9.03. The molecule has 5 heteroatoms. The van der Waals surface area contributed by atoms with Crippen molar-refractivity contribution in [2.45, 2.75) is 39.5 Å². The summed E-state index contributed by atoms with van der Waals surface area (Å²) in [5.74, 6) is 2.98. The van der Waals surface area contributed by atoms with E-state index in [4.69, 9.17) is 10.8 Å². The van der Waals surface area contributed by atoms with E-state index in [0.717, 1.165) is 56.0 Å². The quantitative estimate of drug-likeness (QED) is 0.843. The minimum absolute atomic E-state index is 0.268. The molecule has 2 rings (SSSR count). The lowest BCUT2D eigenvalue weighted by molar-refractivity contribution is 0.263. The highest BCUT2D eigenvalue weighted by Gasteiger charge is 2.25. The van der Waals surface area contributed by atoms with Crippen LogP contribution in [-0.2, 0) is 6.42 Å². The average molecular weight is 264 g/mol. The summed E-state index contributed by atoms with van der Waals surface area (Å²) in [6.45, 7) is 6.33. The number of nitrogens with two attached hydrogens (primary N) is 1. The summed E-state index contributed by atoms with van der Waals surface area (Å²) in [6.07, 6.45) is 3.88. The molecule has 1 atom stereocenters. The van der Waals surface area contributed by atoms with Crippen molar-refractivity contribution < 1.29 is 5.11 Å². The molecule has 1 aliphatic rings.